The Morgan fingerprint density at radius 1 is 1.41 bits per heavy atom. The topological polar surface area (TPSA) is 28.2 Å². The summed E-state index contributed by atoms with van der Waals surface area (Å²) in [6.07, 6.45) is -1.91. The van der Waals surface area contributed by atoms with Gasteiger partial charge in [-0.2, -0.15) is 13.2 Å². The third-order valence-electron chi connectivity index (χ3n) is 2.43. The van der Waals surface area contributed by atoms with Crippen LogP contribution in [0.1, 0.15) is 17.2 Å². The average molecular weight is 247 g/mol. The number of likely N-dealkylation sites (N-methyl/N-ethyl adjacent to an activating group) is 2. The molecule has 1 aromatic heterocycles. The van der Waals surface area contributed by atoms with E-state index in [1.54, 1.807) is 7.05 Å². The standard InChI is InChI=1S/C11H16F3N3/c1-15-10(7-17(2)3)8-6-16-5-4-9(8)11(12,13)14/h4-6,10,15H,7H2,1-3H3. The van der Waals surface area contributed by atoms with Crippen molar-refractivity contribution in [2.45, 2.75) is 12.2 Å². The van der Waals surface area contributed by atoms with Crippen molar-refractivity contribution < 1.29 is 13.2 Å². The molecule has 1 atom stereocenters. The second-order valence-corrected chi connectivity index (χ2v) is 4.06. The molecule has 1 heterocycles. The van der Waals surface area contributed by atoms with E-state index < -0.39 is 17.8 Å². The lowest BCUT2D eigenvalue weighted by atomic mass is 10.0. The van der Waals surface area contributed by atoms with Crippen molar-refractivity contribution in [2.24, 2.45) is 0 Å². The highest BCUT2D eigenvalue weighted by molar-refractivity contribution is 5.29. The number of nitrogens with zero attached hydrogens (tertiary/aromatic N) is 2. The van der Waals surface area contributed by atoms with Gasteiger partial charge < -0.3 is 10.2 Å². The van der Waals surface area contributed by atoms with Crippen LogP contribution < -0.4 is 5.32 Å². The van der Waals surface area contributed by atoms with E-state index in [1.807, 2.05) is 19.0 Å². The monoisotopic (exact) mass is 247 g/mol. The molecule has 0 bridgehead atoms. The van der Waals surface area contributed by atoms with Crippen LogP contribution in [0.4, 0.5) is 13.2 Å². The molecule has 0 spiro atoms. The SMILES string of the molecule is CNC(CN(C)C)c1cnccc1C(F)(F)F. The molecule has 1 rings (SSSR count). The van der Waals surface area contributed by atoms with Gasteiger partial charge in [0.1, 0.15) is 0 Å². The van der Waals surface area contributed by atoms with Crippen LogP contribution in [0.25, 0.3) is 0 Å². The lowest BCUT2D eigenvalue weighted by molar-refractivity contribution is -0.138. The van der Waals surface area contributed by atoms with Crippen LogP contribution >= 0.6 is 0 Å². The van der Waals surface area contributed by atoms with E-state index in [0.717, 1.165) is 12.3 Å². The van der Waals surface area contributed by atoms with Crippen molar-refractivity contribution >= 4 is 0 Å². The van der Waals surface area contributed by atoms with Gasteiger partial charge in [-0.05, 0) is 27.2 Å². The van der Waals surface area contributed by atoms with Gasteiger partial charge in [-0.1, -0.05) is 0 Å². The van der Waals surface area contributed by atoms with Crippen LogP contribution in [0.3, 0.4) is 0 Å². The number of halogens is 3. The van der Waals surface area contributed by atoms with Gasteiger partial charge in [0, 0.05) is 30.5 Å². The second kappa shape index (κ2) is 5.46. The zero-order valence-electron chi connectivity index (χ0n) is 10.0. The third-order valence-corrected chi connectivity index (χ3v) is 2.43. The molecule has 0 radical (unpaired) electrons. The molecule has 0 aliphatic heterocycles. The van der Waals surface area contributed by atoms with Crippen LogP contribution in [-0.4, -0.2) is 37.6 Å². The van der Waals surface area contributed by atoms with E-state index in [-0.39, 0.29) is 5.56 Å². The first-order valence-corrected chi connectivity index (χ1v) is 5.19. The molecule has 0 aliphatic carbocycles. The molecule has 3 nitrogen and oxygen atoms in total. The maximum Gasteiger partial charge on any atom is 0.416 e. The molecule has 0 fully saturated rings. The Morgan fingerprint density at radius 3 is 2.53 bits per heavy atom. The highest BCUT2D eigenvalue weighted by Gasteiger charge is 2.35. The molecule has 1 unspecified atom stereocenters. The van der Waals surface area contributed by atoms with Gasteiger partial charge in [0.2, 0.25) is 0 Å². The molecule has 6 heteroatoms. The summed E-state index contributed by atoms with van der Waals surface area (Å²) in [6, 6.07) is 0.616. The van der Waals surface area contributed by atoms with Gasteiger partial charge in [-0.15, -0.1) is 0 Å². The number of pyridine rings is 1. The minimum atomic E-state index is -4.35. The van der Waals surface area contributed by atoms with E-state index in [4.69, 9.17) is 0 Å². The largest absolute Gasteiger partial charge is 0.416 e. The molecule has 1 aromatic rings. The summed E-state index contributed by atoms with van der Waals surface area (Å²) in [6.45, 7) is 0.477. The zero-order chi connectivity index (χ0) is 13.1. The fourth-order valence-corrected chi connectivity index (χ4v) is 1.65. The lowest BCUT2D eigenvalue weighted by Crippen LogP contribution is -2.30. The number of hydrogen-bond acceptors (Lipinski definition) is 3. The number of rotatable bonds is 4. The number of aromatic nitrogens is 1. The fourth-order valence-electron chi connectivity index (χ4n) is 1.65. The van der Waals surface area contributed by atoms with Crippen LogP contribution in [0.15, 0.2) is 18.5 Å². The predicted molar refractivity (Wildman–Crippen MR) is 59.6 cm³/mol. The van der Waals surface area contributed by atoms with E-state index in [1.165, 1.54) is 6.20 Å². The van der Waals surface area contributed by atoms with Crippen LogP contribution in [0.2, 0.25) is 0 Å². The van der Waals surface area contributed by atoms with Gasteiger partial charge in [0.05, 0.1) is 5.56 Å². The van der Waals surface area contributed by atoms with Crippen LogP contribution in [-0.2, 0) is 6.18 Å². The van der Waals surface area contributed by atoms with Crippen molar-refractivity contribution in [1.82, 2.24) is 15.2 Å². The second-order valence-electron chi connectivity index (χ2n) is 4.06. The molecule has 0 saturated carbocycles. The maximum absolute atomic E-state index is 12.8. The molecular formula is C11H16F3N3. The quantitative estimate of drug-likeness (QED) is 0.881. The summed E-state index contributed by atoms with van der Waals surface area (Å²) in [4.78, 5) is 5.60. The molecule has 96 valence electrons. The Balaban J connectivity index is 3.11. The lowest BCUT2D eigenvalue weighted by Gasteiger charge is -2.23. The van der Waals surface area contributed by atoms with Crippen LogP contribution in [0, 0.1) is 0 Å². The summed E-state index contributed by atoms with van der Waals surface area (Å²) in [7, 11) is 5.27. The van der Waals surface area contributed by atoms with Crippen LogP contribution in [0.5, 0.6) is 0 Å². The summed E-state index contributed by atoms with van der Waals surface area (Å²) in [5.74, 6) is 0. The molecule has 1 N–H and O–H groups in total. The van der Waals surface area contributed by atoms with Gasteiger partial charge in [0.15, 0.2) is 0 Å². The first-order chi connectivity index (χ1) is 7.86. The van der Waals surface area contributed by atoms with Gasteiger partial charge in [0.25, 0.3) is 0 Å². The van der Waals surface area contributed by atoms with E-state index in [0.29, 0.717) is 6.54 Å². The fraction of sp³-hybridized carbons (Fsp3) is 0.545. The highest BCUT2D eigenvalue weighted by Crippen LogP contribution is 2.33. The van der Waals surface area contributed by atoms with E-state index >= 15 is 0 Å². The number of alkyl halides is 3. The van der Waals surface area contributed by atoms with Gasteiger partial charge >= 0.3 is 6.18 Å². The summed E-state index contributed by atoms with van der Waals surface area (Å²) >= 11 is 0. The van der Waals surface area contributed by atoms with E-state index in [9.17, 15) is 13.2 Å². The summed E-state index contributed by atoms with van der Waals surface area (Å²) in [5.41, 5.74) is -0.454. The van der Waals surface area contributed by atoms with Crippen molar-refractivity contribution in [3.8, 4) is 0 Å². The van der Waals surface area contributed by atoms with Crippen molar-refractivity contribution in [1.29, 1.82) is 0 Å². The predicted octanol–water partition coefficient (Wildman–Crippen LogP) is 1.92. The highest BCUT2D eigenvalue weighted by atomic mass is 19.4. The molecule has 0 aliphatic rings. The van der Waals surface area contributed by atoms with Gasteiger partial charge in [-0.25, -0.2) is 0 Å². The molecule has 17 heavy (non-hydrogen) atoms. The summed E-state index contributed by atoms with van der Waals surface area (Å²) in [5, 5.41) is 2.88. The van der Waals surface area contributed by atoms with Gasteiger partial charge in [-0.3, -0.25) is 4.98 Å². The normalized spacial score (nSPS) is 14.1. The van der Waals surface area contributed by atoms with Crippen molar-refractivity contribution in [3.63, 3.8) is 0 Å². The molecule has 0 saturated heterocycles. The van der Waals surface area contributed by atoms with Crippen molar-refractivity contribution in [2.75, 3.05) is 27.7 Å². The average Bonchev–Trinajstić information content (AvgIpc) is 2.24. The first-order valence-electron chi connectivity index (χ1n) is 5.19. The Labute approximate surface area is 98.6 Å². The molecule has 0 amide bonds. The number of nitrogens with one attached hydrogen (secondary N) is 1. The third kappa shape index (κ3) is 3.67. The number of hydrogen-bond donors (Lipinski definition) is 1. The molecular weight excluding hydrogens is 231 g/mol. The van der Waals surface area contributed by atoms with E-state index in [2.05, 4.69) is 10.3 Å². The Hall–Kier alpha value is -1.14. The maximum atomic E-state index is 12.8. The summed E-state index contributed by atoms with van der Waals surface area (Å²) < 4.78 is 38.4. The Morgan fingerprint density at radius 2 is 2.06 bits per heavy atom. The molecule has 0 aromatic carbocycles. The van der Waals surface area contributed by atoms with Crippen molar-refractivity contribution in [3.05, 3.63) is 29.6 Å². The Bertz CT molecular complexity index is 363. The zero-order valence-corrected chi connectivity index (χ0v) is 10.0. The Kier molecular flexibility index (Phi) is 4.47. The minimum Gasteiger partial charge on any atom is -0.312 e. The smallest absolute Gasteiger partial charge is 0.312 e. The minimum absolute atomic E-state index is 0.177. The first kappa shape index (κ1) is 13.9.